The lowest BCUT2D eigenvalue weighted by Gasteiger charge is -2.23. The van der Waals surface area contributed by atoms with Crippen LogP contribution in [0.3, 0.4) is 0 Å². The number of nitrogens with zero attached hydrogens (tertiary/aromatic N) is 2. The van der Waals surface area contributed by atoms with Crippen LogP contribution in [0.25, 0.3) is 0 Å². The number of fused-ring (bicyclic) bond motifs is 1. The zero-order valence-electron chi connectivity index (χ0n) is 26.0. The third-order valence-electron chi connectivity index (χ3n) is 8.81. The first-order chi connectivity index (χ1) is 21.2. The van der Waals surface area contributed by atoms with Crippen molar-refractivity contribution in [3.63, 3.8) is 0 Å². The summed E-state index contributed by atoms with van der Waals surface area (Å²) in [5, 5.41) is 12.8. The van der Waals surface area contributed by atoms with E-state index in [-0.39, 0.29) is 17.9 Å². The molecule has 234 valence electrons. The van der Waals surface area contributed by atoms with Crippen LogP contribution < -0.4 is 14.8 Å². The van der Waals surface area contributed by atoms with E-state index < -0.39 is 23.7 Å². The molecular formula is C35H42FN3O5. The van der Waals surface area contributed by atoms with E-state index in [9.17, 15) is 14.7 Å². The van der Waals surface area contributed by atoms with Gasteiger partial charge in [-0.25, -0.2) is 9.18 Å². The molecule has 1 aliphatic carbocycles. The Kier molecular flexibility index (Phi) is 9.86. The van der Waals surface area contributed by atoms with E-state index in [2.05, 4.69) is 21.2 Å². The number of hydrogen-bond acceptors (Lipinski definition) is 6. The van der Waals surface area contributed by atoms with Crippen molar-refractivity contribution < 1.29 is 28.6 Å². The van der Waals surface area contributed by atoms with Gasteiger partial charge in [-0.2, -0.15) is 0 Å². The van der Waals surface area contributed by atoms with E-state index in [1.54, 1.807) is 26.4 Å². The zero-order chi connectivity index (χ0) is 31.4. The molecule has 1 unspecified atom stereocenters. The monoisotopic (exact) mass is 603 g/mol. The summed E-state index contributed by atoms with van der Waals surface area (Å²) in [7, 11) is 7.36. The maximum Gasteiger partial charge on any atom is 0.326 e. The molecule has 1 aliphatic heterocycles. The number of methoxy groups -OCH3 is 2. The molecule has 8 nitrogen and oxygen atoms in total. The predicted molar refractivity (Wildman–Crippen MR) is 167 cm³/mol. The van der Waals surface area contributed by atoms with Crippen LogP contribution in [-0.2, 0) is 30.7 Å². The summed E-state index contributed by atoms with van der Waals surface area (Å²) in [6, 6.07) is 13.3. The maximum absolute atomic E-state index is 15.0. The Balaban J connectivity index is 1.42. The highest BCUT2D eigenvalue weighted by Crippen LogP contribution is 2.48. The number of hydrogen-bond donors (Lipinski definition) is 2. The van der Waals surface area contributed by atoms with Crippen LogP contribution in [0, 0.1) is 5.82 Å². The molecule has 1 heterocycles. The number of rotatable bonds is 12. The molecule has 1 saturated heterocycles. The molecular weight excluding hydrogens is 561 g/mol. The fourth-order valence-corrected chi connectivity index (χ4v) is 6.85. The molecule has 0 bridgehead atoms. The minimum Gasteiger partial charge on any atom is -0.496 e. The van der Waals surface area contributed by atoms with Crippen LogP contribution in [0.1, 0.15) is 68.9 Å². The van der Waals surface area contributed by atoms with Crippen molar-refractivity contribution in [3.05, 3.63) is 93.3 Å². The third-order valence-corrected chi connectivity index (χ3v) is 8.81. The minimum absolute atomic E-state index is 0.00129. The van der Waals surface area contributed by atoms with Crippen molar-refractivity contribution in [3.8, 4) is 11.5 Å². The highest BCUT2D eigenvalue weighted by molar-refractivity contribution is 5.98. The molecule has 0 saturated carbocycles. The van der Waals surface area contributed by atoms with Crippen LogP contribution in [0.4, 0.5) is 4.39 Å². The molecule has 1 amide bonds. The SMILES string of the molecule is COc1ccc(CN(C)C)c(OC)c1C1CCc2c(C[C@H](NC(=O)c3c(F)cccc3CN3CCCC3)C(=O)O)cccc21. The molecule has 5 rings (SSSR count). The quantitative estimate of drug-likeness (QED) is 0.301. The van der Waals surface area contributed by atoms with Gasteiger partial charge in [0.15, 0.2) is 0 Å². The summed E-state index contributed by atoms with van der Waals surface area (Å²) >= 11 is 0. The van der Waals surface area contributed by atoms with Crippen LogP contribution >= 0.6 is 0 Å². The number of carbonyl (C=O) groups excluding carboxylic acids is 1. The summed E-state index contributed by atoms with van der Waals surface area (Å²) < 4.78 is 26.8. The Morgan fingerprint density at radius 2 is 1.75 bits per heavy atom. The first-order valence-corrected chi connectivity index (χ1v) is 15.2. The van der Waals surface area contributed by atoms with Gasteiger partial charge < -0.3 is 24.8 Å². The van der Waals surface area contributed by atoms with Gasteiger partial charge in [0.1, 0.15) is 23.4 Å². The predicted octanol–water partition coefficient (Wildman–Crippen LogP) is 5.00. The molecule has 3 aromatic rings. The second-order valence-corrected chi connectivity index (χ2v) is 12.0. The summed E-state index contributed by atoms with van der Waals surface area (Å²) in [4.78, 5) is 30.1. The van der Waals surface area contributed by atoms with E-state index in [1.165, 1.54) is 6.07 Å². The van der Waals surface area contributed by atoms with Crippen molar-refractivity contribution in [2.24, 2.45) is 0 Å². The Labute approximate surface area is 258 Å². The Bertz CT molecular complexity index is 1520. The number of likely N-dealkylation sites (tertiary alicyclic amines) is 1. The van der Waals surface area contributed by atoms with E-state index in [4.69, 9.17) is 9.47 Å². The van der Waals surface area contributed by atoms with Crippen molar-refractivity contribution in [2.45, 2.75) is 57.2 Å². The Morgan fingerprint density at radius 1 is 1.02 bits per heavy atom. The normalized spacial score (nSPS) is 17.0. The first-order valence-electron chi connectivity index (χ1n) is 15.2. The molecule has 2 N–H and O–H groups in total. The molecule has 44 heavy (non-hydrogen) atoms. The number of benzene rings is 3. The fraction of sp³-hybridized carbons (Fsp3) is 0.429. The maximum atomic E-state index is 15.0. The summed E-state index contributed by atoms with van der Waals surface area (Å²) in [6.45, 7) is 2.95. The van der Waals surface area contributed by atoms with Gasteiger partial charge in [-0.05, 0) is 87.3 Å². The summed E-state index contributed by atoms with van der Waals surface area (Å²) in [6.07, 6.45) is 3.78. The van der Waals surface area contributed by atoms with Gasteiger partial charge in [0.2, 0.25) is 0 Å². The standard InChI is InChI=1S/C35H42FN3O5/c1-38(2)20-24-13-16-30(43-3)32(33(24)44-4)27-15-14-25-22(9-7-11-26(25)27)19-29(35(41)42)37-34(40)31-23(10-8-12-28(31)36)21-39-17-5-6-18-39/h7-13,16,27,29H,5-6,14-15,17-21H2,1-4H3,(H,37,40)(H,41,42)/t27?,29-/m0/s1. The molecule has 2 atom stereocenters. The second kappa shape index (κ2) is 13.8. The molecule has 3 aromatic carbocycles. The lowest BCUT2D eigenvalue weighted by atomic mass is 9.88. The average Bonchev–Trinajstić information content (AvgIpc) is 3.67. The number of ether oxygens (including phenoxy) is 2. The highest BCUT2D eigenvalue weighted by Gasteiger charge is 2.33. The number of nitrogens with one attached hydrogen (secondary N) is 1. The summed E-state index contributed by atoms with van der Waals surface area (Å²) in [5.41, 5.74) is 5.55. The second-order valence-electron chi connectivity index (χ2n) is 12.0. The molecule has 0 radical (unpaired) electrons. The average molecular weight is 604 g/mol. The summed E-state index contributed by atoms with van der Waals surface area (Å²) in [5.74, 6) is -0.970. The zero-order valence-corrected chi connectivity index (χ0v) is 26.0. The Morgan fingerprint density at radius 3 is 2.43 bits per heavy atom. The topological polar surface area (TPSA) is 91.3 Å². The largest absolute Gasteiger partial charge is 0.496 e. The van der Waals surface area contributed by atoms with Gasteiger partial charge >= 0.3 is 5.97 Å². The molecule has 0 aromatic heterocycles. The number of carboxylic acids is 1. The van der Waals surface area contributed by atoms with E-state index in [0.717, 1.165) is 78.1 Å². The lowest BCUT2D eigenvalue weighted by Crippen LogP contribution is -2.43. The van der Waals surface area contributed by atoms with Gasteiger partial charge in [-0.15, -0.1) is 0 Å². The van der Waals surface area contributed by atoms with Crippen molar-refractivity contribution >= 4 is 11.9 Å². The Hall–Kier alpha value is -3.95. The third kappa shape index (κ3) is 6.59. The molecule has 0 spiro atoms. The van der Waals surface area contributed by atoms with Crippen molar-refractivity contribution in [1.29, 1.82) is 0 Å². The number of carbonyl (C=O) groups is 2. The van der Waals surface area contributed by atoms with Crippen LogP contribution in [0.2, 0.25) is 0 Å². The smallest absolute Gasteiger partial charge is 0.326 e. The minimum atomic E-state index is -1.22. The fourth-order valence-electron chi connectivity index (χ4n) is 6.85. The van der Waals surface area contributed by atoms with Gasteiger partial charge in [0.25, 0.3) is 5.91 Å². The van der Waals surface area contributed by atoms with E-state index in [0.29, 0.717) is 18.7 Å². The van der Waals surface area contributed by atoms with E-state index >= 15 is 4.39 Å². The number of aliphatic carboxylic acids is 1. The number of halogens is 1. The molecule has 9 heteroatoms. The van der Waals surface area contributed by atoms with Crippen LogP contribution in [-0.4, -0.2) is 74.2 Å². The van der Waals surface area contributed by atoms with Gasteiger partial charge in [0, 0.05) is 36.6 Å². The number of amides is 1. The van der Waals surface area contributed by atoms with Gasteiger partial charge in [0.05, 0.1) is 19.8 Å². The van der Waals surface area contributed by atoms with Crippen LogP contribution in [0.5, 0.6) is 11.5 Å². The first kappa shape index (κ1) is 31.5. The number of carboxylic acid groups (broad SMARTS) is 1. The molecule has 2 aliphatic rings. The lowest BCUT2D eigenvalue weighted by molar-refractivity contribution is -0.139. The van der Waals surface area contributed by atoms with Crippen molar-refractivity contribution in [1.82, 2.24) is 15.1 Å². The van der Waals surface area contributed by atoms with Gasteiger partial charge in [-0.1, -0.05) is 36.4 Å². The van der Waals surface area contributed by atoms with Gasteiger partial charge in [-0.3, -0.25) is 9.69 Å². The molecule has 1 fully saturated rings. The van der Waals surface area contributed by atoms with Crippen molar-refractivity contribution in [2.75, 3.05) is 41.4 Å². The van der Waals surface area contributed by atoms with Crippen LogP contribution in [0.15, 0.2) is 48.5 Å². The van der Waals surface area contributed by atoms with E-state index in [1.807, 2.05) is 38.4 Å². The highest BCUT2D eigenvalue weighted by atomic mass is 19.1.